The lowest BCUT2D eigenvalue weighted by Gasteiger charge is -2.14. The van der Waals surface area contributed by atoms with Gasteiger partial charge in [-0.2, -0.15) is 0 Å². The van der Waals surface area contributed by atoms with Crippen molar-refractivity contribution in [2.24, 2.45) is 5.92 Å². The van der Waals surface area contributed by atoms with Crippen LogP contribution in [-0.2, 0) is 4.79 Å². The first kappa shape index (κ1) is 16.5. The third-order valence-corrected chi connectivity index (χ3v) is 3.95. The van der Waals surface area contributed by atoms with Crippen molar-refractivity contribution < 1.29 is 19.0 Å². The number of carbonyl (C=O) groups excluding carboxylic acids is 1. The molecule has 0 bridgehead atoms. The molecule has 1 atom stereocenters. The molecule has 2 aromatic carbocycles. The van der Waals surface area contributed by atoms with E-state index in [1.807, 2.05) is 6.07 Å². The SMILES string of the molecule is O=C(CC(O)c1ccccc1)Nc1ccc(F)cc1OCC1CC1. The first-order valence-electron chi connectivity index (χ1n) is 8.07. The van der Waals surface area contributed by atoms with Crippen molar-refractivity contribution in [3.8, 4) is 5.75 Å². The third kappa shape index (κ3) is 4.55. The second-order valence-corrected chi connectivity index (χ2v) is 6.07. The Morgan fingerprint density at radius 3 is 2.71 bits per heavy atom. The number of benzene rings is 2. The highest BCUT2D eigenvalue weighted by Gasteiger charge is 2.23. The third-order valence-electron chi connectivity index (χ3n) is 3.95. The Morgan fingerprint density at radius 2 is 2.00 bits per heavy atom. The van der Waals surface area contributed by atoms with Crippen LogP contribution >= 0.6 is 0 Å². The van der Waals surface area contributed by atoms with Crippen molar-refractivity contribution in [2.75, 3.05) is 11.9 Å². The lowest BCUT2D eigenvalue weighted by molar-refractivity contribution is -0.118. The van der Waals surface area contributed by atoms with Crippen LogP contribution in [-0.4, -0.2) is 17.6 Å². The van der Waals surface area contributed by atoms with Gasteiger partial charge in [0.25, 0.3) is 0 Å². The monoisotopic (exact) mass is 329 g/mol. The van der Waals surface area contributed by atoms with Crippen LogP contribution in [0.25, 0.3) is 0 Å². The van der Waals surface area contributed by atoms with Crippen LogP contribution in [0.3, 0.4) is 0 Å². The van der Waals surface area contributed by atoms with Crippen LogP contribution in [0.5, 0.6) is 5.75 Å². The van der Waals surface area contributed by atoms with Crippen molar-refractivity contribution in [3.05, 3.63) is 59.9 Å². The second-order valence-electron chi connectivity index (χ2n) is 6.07. The van der Waals surface area contributed by atoms with Gasteiger partial charge in [0.05, 0.1) is 24.8 Å². The van der Waals surface area contributed by atoms with Gasteiger partial charge in [-0.05, 0) is 36.5 Å². The molecule has 1 aliphatic carbocycles. The van der Waals surface area contributed by atoms with E-state index in [2.05, 4.69) is 5.32 Å². The highest BCUT2D eigenvalue weighted by atomic mass is 19.1. The fourth-order valence-corrected chi connectivity index (χ4v) is 2.38. The molecule has 1 unspecified atom stereocenters. The summed E-state index contributed by atoms with van der Waals surface area (Å²) in [5, 5.41) is 12.8. The molecule has 5 heteroatoms. The molecular weight excluding hydrogens is 309 g/mol. The fraction of sp³-hybridized carbons (Fsp3) is 0.316. The van der Waals surface area contributed by atoms with E-state index >= 15 is 0 Å². The quantitative estimate of drug-likeness (QED) is 0.815. The minimum Gasteiger partial charge on any atom is -0.491 e. The first-order chi connectivity index (χ1) is 11.6. The summed E-state index contributed by atoms with van der Waals surface area (Å²) in [6, 6.07) is 13.0. The van der Waals surface area contributed by atoms with E-state index in [9.17, 15) is 14.3 Å². The minimum absolute atomic E-state index is 0.0799. The Hall–Kier alpha value is -2.40. The number of nitrogens with one attached hydrogen (secondary N) is 1. The van der Waals surface area contributed by atoms with E-state index in [-0.39, 0.29) is 12.3 Å². The largest absolute Gasteiger partial charge is 0.491 e. The van der Waals surface area contributed by atoms with Gasteiger partial charge in [-0.15, -0.1) is 0 Å². The first-order valence-corrected chi connectivity index (χ1v) is 8.07. The van der Waals surface area contributed by atoms with Crippen LogP contribution in [0.4, 0.5) is 10.1 Å². The number of aliphatic hydroxyl groups is 1. The van der Waals surface area contributed by atoms with E-state index in [0.717, 1.165) is 12.8 Å². The predicted octanol–water partition coefficient (Wildman–Crippen LogP) is 3.68. The van der Waals surface area contributed by atoms with Gasteiger partial charge < -0.3 is 15.2 Å². The molecule has 0 heterocycles. The molecule has 0 radical (unpaired) electrons. The predicted molar refractivity (Wildman–Crippen MR) is 89.3 cm³/mol. The van der Waals surface area contributed by atoms with Crippen molar-refractivity contribution in [1.82, 2.24) is 0 Å². The van der Waals surface area contributed by atoms with Crippen LogP contribution < -0.4 is 10.1 Å². The van der Waals surface area contributed by atoms with E-state index in [1.165, 1.54) is 18.2 Å². The highest BCUT2D eigenvalue weighted by Crippen LogP contribution is 2.32. The number of aliphatic hydroxyl groups excluding tert-OH is 1. The van der Waals surface area contributed by atoms with Crippen molar-refractivity contribution in [3.63, 3.8) is 0 Å². The standard InChI is InChI=1S/C19H20FNO3/c20-15-8-9-16(18(10-15)24-12-13-6-7-13)21-19(23)11-17(22)14-4-2-1-3-5-14/h1-5,8-10,13,17,22H,6-7,11-12H2,(H,21,23). The molecule has 0 spiro atoms. The summed E-state index contributed by atoms with van der Waals surface area (Å²) in [5.41, 5.74) is 1.10. The van der Waals surface area contributed by atoms with Gasteiger partial charge in [-0.25, -0.2) is 4.39 Å². The highest BCUT2D eigenvalue weighted by molar-refractivity contribution is 5.92. The molecule has 0 aromatic heterocycles. The minimum atomic E-state index is -0.887. The van der Waals surface area contributed by atoms with Gasteiger partial charge in [0.2, 0.25) is 5.91 Å². The molecule has 0 saturated heterocycles. The Labute approximate surface area is 140 Å². The Kier molecular flexibility index (Phi) is 5.11. The normalized spacial score (nSPS) is 14.9. The van der Waals surface area contributed by atoms with Gasteiger partial charge in [0, 0.05) is 6.07 Å². The fourth-order valence-electron chi connectivity index (χ4n) is 2.38. The van der Waals surface area contributed by atoms with E-state index in [0.29, 0.717) is 29.5 Å². The number of hydrogen-bond donors (Lipinski definition) is 2. The molecule has 24 heavy (non-hydrogen) atoms. The zero-order chi connectivity index (χ0) is 16.9. The molecule has 1 amide bonds. The number of halogens is 1. The number of ether oxygens (including phenoxy) is 1. The lowest BCUT2D eigenvalue weighted by atomic mass is 10.1. The summed E-state index contributed by atoms with van der Waals surface area (Å²) >= 11 is 0. The van der Waals surface area contributed by atoms with Crippen molar-refractivity contribution in [2.45, 2.75) is 25.4 Å². The van der Waals surface area contributed by atoms with E-state index in [1.54, 1.807) is 24.3 Å². The average molecular weight is 329 g/mol. The molecule has 2 aromatic rings. The molecular formula is C19H20FNO3. The van der Waals surface area contributed by atoms with Crippen LogP contribution in [0, 0.1) is 11.7 Å². The summed E-state index contributed by atoms with van der Waals surface area (Å²) < 4.78 is 19.0. The molecule has 0 aliphatic heterocycles. The summed E-state index contributed by atoms with van der Waals surface area (Å²) in [4.78, 5) is 12.2. The number of carbonyl (C=O) groups is 1. The second kappa shape index (κ2) is 7.45. The molecule has 3 rings (SSSR count). The van der Waals surface area contributed by atoms with Gasteiger partial charge in [-0.3, -0.25) is 4.79 Å². The maximum Gasteiger partial charge on any atom is 0.227 e. The lowest BCUT2D eigenvalue weighted by Crippen LogP contribution is -2.16. The van der Waals surface area contributed by atoms with Gasteiger partial charge >= 0.3 is 0 Å². The Bertz CT molecular complexity index is 701. The molecule has 1 saturated carbocycles. The Balaban J connectivity index is 1.62. The average Bonchev–Trinajstić information content (AvgIpc) is 3.40. The van der Waals surface area contributed by atoms with E-state index < -0.39 is 11.9 Å². The zero-order valence-corrected chi connectivity index (χ0v) is 13.2. The summed E-state index contributed by atoms with van der Waals surface area (Å²) in [5.74, 6) is 0.0820. The Morgan fingerprint density at radius 1 is 1.25 bits per heavy atom. The number of amides is 1. The molecule has 4 nitrogen and oxygen atoms in total. The zero-order valence-electron chi connectivity index (χ0n) is 13.2. The van der Waals surface area contributed by atoms with Gasteiger partial charge in [-0.1, -0.05) is 30.3 Å². The van der Waals surface area contributed by atoms with Crippen LogP contribution in [0.15, 0.2) is 48.5 Å². The van der Waals surface area contributed by atoms with Crippen LogP contribution in [0.1, 0.15) is 30.9 Å². The molecule has 2 N–H and O–H groups in total. The topological polar surface area (TPSA) is 58.6 Å². The van der Waals surface area contributed by atoms with Crippen molar-refractivity contribution >= 4 is 11.6 Å². The number of anilines is 1. The smallest absolute Gasteiger partial charge is 0.227 e. The summed E-state index contributed by atoms with van der Waals surface area (Å²) in [6.45, 7) is 0.527. The van der Waals surface area contributed by atoms with Gasteiger partial charge in [0.1, 0.15) is 11.6 Å². The van der Waals surface area contributed by atoms with Crippen molar-refractivity contribution in [1.29, 1.82) is 0 Å². The van der Waals surface area contributed by atoms with E-state index in [4.69, 9.17) is 4.74 Å². The summed E-state index contributed by atoms with van der Waals surface area (Å²) in [6.07, 6.45) is 1.28. The van der Waals surface area contributed by atoms with Crippen LogP contribution in [0.2, 0.25) is 0 Å². The molecule has 126 valence electrons. The van der Waals surface area contributed by atoms with Gasteiger partial charge in [0.15, 0.2) is 0 Å². The number of hydrogen-bond acceptors (Lipinski definition) is 3. The maximum absolute atomic E-state index is 13.4. The number of rotatable bonds is 7. The maximum atomic E-state index is 13.4. The summed E-state index contributed by atoms with van der Waals surface area (Å²) in [7, 11) is 0. The molecule has 1 fully saturated rings. The molecule has 1 aliphatic rings.